The van der Waals surface area contributed by atoms with E-state index in [-0.39, 0.29) is 0 Å². The van der Waals surface area contributed by atoms with E-state index in [0.29, 0.717) is 5.54 Å². The number of piperidine rings is 1. The Balaban J connectivity index is 1.92. The van der Waals surface area contributed by atoms with E-state index in [4.69, 9.17) is 0 Å². The molecule has 0 amide bonds. The van der Waals surface area contributed by atoms with Crippen LogP contribution in [0.5, 0.6) is 0 Å². The predicted molar refractivity (Wildman–Crippen MR) is 55.9 cm³/mol. The van der Waals surface area contributed by atoms with E-state index < -0.39 is 0 Å². The normalized spacial score (nSPS) is 34.4. The summed E-state index contributed by atoms with van der Waals surface area (Å²) in [6.45, 7) is 9.60. The van der Waals surface area contributed by atoms with E-state index in [1.165, 1.54) is 32.4 Å². The Morgan fingerprint density at radius 2 is 1.85 bits per heavy atom. The second-order valence-electron chi connectivity index (χ2n) is 5.26. The fourth-order valence-corrected chi connectivity index (χ4v) is 2.78. The average molecular weight is 182 g/mol. The molecule has 3 fully saturated rings. The molecule has 2 heteroatoms. The molecule has 3 rings (SSSR count). The van der Waals surface area contributed by atoms with Crippen LogP contribution >= 0.6 is 0 Å². The van der Waals surface area contributed by atoms with Crippen molar-refractivity contribution in [3.05, 3.63) is 0 Å². The fraction of sp³-hybridized carbons (Fsp3) is 1.00. The van der Waals surface area contributed by atoms with Crippen LogP contribution in [0.1, 0.15) is 40.0 Å². The molecule has 3 heterocycles. The van der Waals surface area contributed by atoms with Gasteiger partial charge < -0.3 is 5.32 Å². The van der Waals surface area contributed by atoms with Gasteiger partial charge in [-0.1, -0.05) is 13.3 Å². The van der Waals surface area contributed by atoms with Gasteiger partial charge in [-0.2, -0.15) is 0 Å². The number of fused-ring (bicyclic) bond motifs is 2. The predicted octanol–water partition coefficient (Wildman–Crippen LogP) is 1.61. The second-order valence-corrected chi connectivity index (χ2v) is 5.26. The molecule has 0 spiro atoms. The summed E-state index contributed by atoms with van der Waals surface area (Å²) in [5.41, 5.74) is 0.424. The quantitative estimate of drug-likeness (QED) is 0.713. The van der Waals surface area contributed by atoms with E-state index in [2.05, 4.69) is 31.0 Å². The molecule has 3 aliphatic heterocycles. The van der Waals surface area contributed by atoms with Crippen LogP contribution in [0.25, 0.3) is 0 Å². The lowest BCUT2D eigenvalue weighted by Gasteiger charge is -2.53. The molecule has 0 aromatic heterocycles. The zero-order valence-corrected chi connectivity index (χ0v) is 9.14. The van der Waals surface area contributed by atoms with Crippen LogP contribution in [0.3, 0.4) is 0 Å². The summed E-state index contributed by atoms with van der Waals surface area (Å²) < 4.78 is 0. The summed E-state index contributed by atoms with van der Waals surface area (Å²) in [4.78, 5) is 2.67. The molecule has 0 radical (unpaired) electrons. The third-order valence-electron chi connectivity index (χ3n) is 3.64. The molecule has 76 valence electrons. The molecular weight excluding hydrogens is 160 g/mol. The van der Waals surface area contributed by atoms with Gasteiger partial charge in [-0.3, -0.25) is 4.90 Å². The number of piperazine rings is 1. The first-order valence-electron chi connectivity index (χ1n) is 5.63. The highest BCUT2D eigenvalue weighted by Crippen LogP contribution is 2.29. The van der Waals surface area contributed by atoms with Gasteiger partial charge in [-0.05, 0) is 26.7 Å². The Hall–Kier alpha value is -0.0800. The van der Waals surface area contributed by atoms with E-state index in [1.807, 2.05) is 0 Å². The molecule has 3 aliphatic rings. The highest BCUT2D eigenvalue weighted by Gasteiger charge is 2.41. The monoisotopic (exact) mass is 182 g/mol. The first kappa shape index (κ1) is 9.47. The van der Waals surface area contributed by atoms with Gasteiger partial charge in [-0.25, -0.2) is 0 Å². The van der Waals surface area contributed by atoms with Gasteiger partial charge in [0.05, 0.1) is 0 Å². The number of nitrogens with one attached hydrogen (secondary N) is 1. The van der Waals surface area contributed by atoms with Crippen LogP contribution < -0.4 is 5.32 Å². The molecule has 13 heavy (non-hydrogen) atoms. The lowest BCUT2D eigenvalue weighted by atomic mass is 9.86. The Labute approximate surface area is 81.7 Å². The molecule has 2 bridgehead atoms. The highest BCUT2D eigenvalue weighted by molar-refractivity contribution is 5.01. The maximum atomic E-state index is 3.58. The highest BCUT2D eigenvalue weighted by atomic mass is 15.3. The van der Waals surface area contributed by atoms with Crippen molar-refractivity contribution in [3.63, 3.8) is 0 Å². The summed E-state index contributed by atoms with van der Waals surface area (Å²) in [6.07, 6.45) is 4.04. The zero-order valence-electron chi connectivity index (χ0n) is 9.14. The third kappa shape index (κ3) is 1.75. The van der Waals surface area contributed by atoms with Crippen LogP contribution in [0.4, 0.5) is 0 Å². The lowest BCUT2D eigenvalue weighted by molar-refractivity contribution is 0.00436. The smallest absolute Gasteiger partial charge is 0.0213 e. The first-order chi connectivity index (χ1) is 6.12. The largest absolute Gasteiger partial charge is 0.309 e. The minimum atomic E-state index is 0.424. The number of nitrogens with zero attached hydrogens (tertiary/aromatic N) is 1. The fourth-order valence-electron chi connectivity index (χ4n) is 2.78. The van der Waals surface area contributed by atoms with Crippen molar-refractivity contribution in [1.82, 2.24) is 10.2 Å². The second kappa shape index (κ2) is 3.25. The molecule has 2 atom stereocenters. The van der Waals surface area contributed by atoms with E-state index in [1.54, 1.807) is 0 Å². The van der Waals surface area contributed by atoms with Gasteiger partial charge in [0, 0.05) is 30.7 Å². The van der Waals surface area contributed by atoms with Crippen molar-refractivity contribution in [1.29, 1.82) is 0 Å². The molecular formula is C11H22N2. The molecule has 0 aromatic rings. The van der Waals surface area contributed by atoms with Gasteiger partial charge in [0.1, 0.15) is 0 Å². The molecule has 0 saturated carbocycles. The van der Waals surface area contributed by atoms with Gasteiger partial charge in [0.25, 0.3) is 0 Å². The van der Waals surface area contributed by atoms with Crippen molar-refractivity contribution in [2.75, 3.05) is 13.1 Å². The van der Waals surface area contributed by atoms with Crippen LogP contribution in [0, 0.1) is 0 Å². The molecule has 3 saturated heterocycles. The first-order valence-corrected chi connectivity index (χ1v) is 5.63. The van der Waals surface area contributed by atoms with Gasteiger partial charge in [0.2, 0.25) is 0 Å². The summed E-state index contributed by atoms with van der Waals surface area (Å²) in [6, 6.07) is 1.60. The van der Waals surface area contributed by atoms with Gasteiger partial charge in [-0.15, -0.1) is 0 Å². The minimum Gasteiger partial charge on any atom is -0.309 e. The van der Waals surface area contributed by atoms with E-state index in [0.717, 1.165) is 12.1 Å². The third-order valence-corrected chi connectivity index (χ3v) is 3.64. The van der Waals surface area contributed by atoms with E-state index in [9.17, 15) is 0 Å². The molecule has 2 unspecified atom stereocenters. The van der Waals surface area contributed by atoms with E-state index >= 15 is 0 Å². The topological polar surface area (TPSA) is 15.3 Å². The standard InChI is InChI=1S/C11H22N2/c1-4-5-11(2,3)13-7-9-6-10(8-13)12-9/h9-10,12H,4-8H2,1-3H3. The molecule has 0 aromatic carbocycles. The maximum absolute atomic E-state index is 3.58. The Morgan fingerprint density at radius 1 is 1.31 bits per heavy atom. The SMILES string of the molecule is CCCC(C)(C)N1CC2CC(C1)N2. The average Bonchev–Trinajstić information content (AvgIpc) is 2.03. The van der Waals surface area contributed by atoms with Crippen molar-refractivity contribution in [2.24, 2.45) is 0 Å². The summed E-state index contributed by atoms with van der Waals surface area (Å²) >= 11 is 0. The molecule has 2 nitrogen and oxygen atoms in total. The van der Waals surface area contributed by atoms with Crippen molar-refractivity contribution in [3.8, 4) is 0 Å². The Kier molecular flexibility index (Phi) is 2.37. The number of hydrogen-bond donors (Lipinski definition) is 1. The van der Waals surface area contributed by atoms with Crippen LogP contribution in [0.2, 0.25) is 0 Å². The zero-order chi connectivity index (χ0) is 9.47. The molecule has 1 N–H and O–H groups in total. The summed E-state index contributed by atoms with van der Waals surface area (Å²) in [5, 5.41) is 3.58. The van der Waals surface area contributed by atoms with Crippen LogP contribution in [0.15, 0.2) is 0 Å². The number of hydrogen-bond acceptors (Lipinski definition) is 2. The summed E-state index contributed by atoms with van der Waals surface area (Å²) in [5.74, 6) is 0. The van der Waals surface area contributed by atoms with Crippen LogP contribution in [-0.2, 0) is 0 Å². The number of rotatable bonds is 3. The maximum Gasteiger partial charge on any atom is 0.0213 e. The van der Waals surface area contributed by atoms with Crippen molar-refractivity contribution >= 4 is 0 Å². The van der Waals surface area contributed by atoms with Crippen LogP contribution in [-0.4, -0.2) is 35.6 Å². The molecule has 0 aliphatic carbocycles. The Morgan fingerprint density at radius 3 is 2.31 bits per heavy atom. The van der Waals surface area contributed by atoms with Gasteiger partial charge in [0.15, 0.2) is 0 Å². The lowest BCUT2D eigenvalue weighted by Crippen LogP contribution is -2.69. The minimum absolute atomic E-state index is 0.424. The van der Waals surface area contributed by atoms with Gasteiger partial charge >= 0.3 is 0 Å². The Bertz CT molecular complexity index is 173. The van der Waals surface area contributed by atoms with Crippen molar-refractivity contribution < 1.29 is 0 Å². The summed E-state index contributed by atoms with van der Waals surface area (Å²) in [7, 11) is 0. The van der Waals surface area contributed by atoms with Crippen molar-refractivity contribution in [2.45, 2.75) is 57.7 Å².